The number of Topliss-reactive ketones (excluding diaryl/α,β-unsaturated/α-hetero) is 1. The summed E-state index contributed by atoms with van der Waals surface area (Å²) in [7, 11) is 0. The zero-order chi connectivity index (χ0) is 13.9. The van der Waals surface area contributed by atoms with Gasteiger partial charge in [-0.2, -0.15) is 0 Å². The Balaban J connectivity index is 4.83. The summed E-state index contributed by atoms with van der Waals surface area (Å²) in [5, 5.41) is 0. The molecule has 0 aromatic rings. The Hall–Kier alpha value is -1.39. The maximum absolute atomic E-state index is 11.8. The SMILES string of the molecule is CCOC(=O)C(=O)C(C)(C)C(=O)OC(C)(C)C. The molecule has 98 valence electrons. The van der Waals surface area contributed by atoms with Crippen molar-refractivity contribution in [3.05, 3.63) is 0 Å². The average molecular weight is 244 g/mol. The third kappa shape index (κ3) is 4.54. The lowest BCUT2D eigenvalue weighted by Crippen LogP contribution is -2.43. The summed E-state index contributed by atoms with van der Waals surface area (Å²) in [4.78, 5) is 34.8. The van der Waals surface area contributed by atoms with Crippen LogP contribution in [0.4, 0.5) is 0 Å². The standard InChI is InChI=1S/C12H20O5/c1-7-16-9(14)8(13)12(5,6)10(15)17-11(2,3)4/h7H2,1-6H3. The molecule has 0 aliphatic heterocycles. The number of ether oxygens (including phenoxy) is 2. The molecule has 0 aliphatic carbocycles. The maximum atomic E-state index is 11.8. The lowest BCUT2D eigenvalue weighted by atomic mass is 9.88. The van der Waals surface area contributed by atoms with E-state index in [0.29, 0.717) is 0 Å². The Morgan fingerprint density at radius 1 is 1.00 bits per heavy atom. The van der Waals surface area contributed by atoms with Crippen LogP contribution in [0.1, 0.15) is 41.5 Å². The fourth-order valence-electron chi connectivity index (χ4n) is 0.950. The van der Waals surface area contributed by atoms with E-state index in [1.165, 1.54) is 13.8 Å². The van der Waals surface area contributed by atoms with Crippen LogP contribution in [-0.4, -0.2) is 29.9 Å². The molecular weight excluding hydrogens is 224 g/mol. The smallest absolute Gasteiger partial charge is 0.375 e. The maximum Gasteiger partial charge on any atom is 0.375 e. The van der Waals surface area contributed by atoms with Crippen LogP contribution >= 0.6 is 0 Å². The summed E-state index contributed by atoms with van der Waals surface area (Å²) in [5.74, 6) is -2.64. The summed E-state index contributed by atoms with van der Waals surface area (Å²) in [6.45, 7) is 9.45. The Labute approximate surface area is 101 Å². The van der Waals surface area contributed by atoms with Crippen LogP contribution in [0.3, 0.4) is 0 Å². The molecule has 0 spiro atoms. The van der Waals surface area contributed by atoms with Gasteiger partial charge >= 0.3 is 11.9 Å². The number of esters is 2. The fraction of sp³-hybridized carbons (Fsp3) is 0.750. The largest absolute Gasteiger partial charge is 0.460 e. The summed E-state index contributed by atoms with van der Waals surface area (Å²) < 4.78 is 9.66. The molecule has 0 N–H and O–H groups in total. The average Bonchev–Trinajstić information content (AvgIpc) is 2.14. The van der Waals surface area contributed by atoms with Gasteiger partial charge in [0.1, 0.15) is 11.0 Å². The summed E-state index contributed by atoms with van der Waals surface area (Å²) in [6.07, 6.45) is 0. The number of hydrogen-bond acceptors (Lipinski definition) is 5. The predicted molar refractivity (Wildman–Crippen MR) is 61.3 cm³/mol. The minimum absolute atomic E-state index is 0.0922. The zero-order valence-corrected chi connectivity index (χ0v) is 11.2. The van der Waals surface area contributed by atoms with Crippen LogP contribution in [0.15, 0.2) is 0 Å². The van der Waals surface area contributed by atoms with Crippen LogP contribution in [0, 0.1) is 5.41 Å². The monoisotopic (exact) mass is 244 g/mol. The van der Waals surface area contributed by atoms with Crippen LogP contribution in [-0.2, 0) is 23.9 Å². The molecule has 5 nitrogen and oxygen atoms in total. The van der Waals surface area contributed by atoms with Gasteiger partial charge in [-0.25, -0.2) is 4.79 Å². The highest BCUT2D eigenvalue weighted by molar-refractivity contribution is 6.39. The van der Waals surface area contributed by atoms with E-state index in [2.05, 4.69) is 4.74 Å². The molecule has 0 aliphatic rings. The van der Waals surface area contributed by atoms with Gasteiger partial charge in [0.25, 0.3) is 5.78 Å². The van der Waals surface area contributed by atoms with E-state index in [-0.39, 0.29) is 6.61 Å². The van der Waals surface area contributed by atoms with E-state index in [9.17, 15) is 14.4 Å². The quantitative estimate of drug-likeness (QED) is 0.425. The Morgan fingerprint density at radius 3 is 1.82 bits per heavy atom. The molecule has 0 atom stereocenters. The van der Waals surface area contributed by atoms with Crippen molar-refractivity contribution in [3.8, 4) is 0 Å². The second-order valence-corrected chi connectivity index (χ2v) is 5.18. The van der Waals surface area contributed by atoms with Gasteiger partial charge in [0.15, 0.2) is 0 Å². The van der Waals surface area contributed by atoms with Gasteiger partial charge in [-0.1, -0.05) is 0 Å². The van der Waals surface area contributed by atoms with Gasteiger partial charge < -0.3 is 9.47 Å². The van der Waals surface area contributed by atoms with Crippen LogP contribution in [0.2, 0.25) is 0 Å². The molecular formula is C12H20O5. The van der Waals surface area contributed by atoms with Crippen molar-refractivity contribution in [2.45, 2.75) is 47.1 Å². The first kappa shape index (κ1) is 15.6. The predicted octanol–water partition coefficient (Wildman–Crippen LogP) is 1.49. The van der Waals surface area contributed by atoms with Crippen molar-refractivity contribution in [1.82, 2.24) is 0 Å². The molecule has 0 saturated heterocycles. The Kier molecular flexibility index (Phi) is 4.86. The number of rotatable bonds is 4. The van der Waals surface area contributed by atoms with E-state index >= 15 is 0 Å². The van der Waals surface area contributed by atoms with Crippen LogP contribution in [0.5, 0.6) is 0 Å². The molecule has 5 heteroatoms. The molecule has 0 rings (SSSR count). The summed E-state index contributed by atoms with van der Waals surface area (Å²) in [5.41, 5.74) is -2.23. The molecule has 0 radical (unpaired) electrons. The van der Waals surface area contributed by atoms with Crippen LogP contribution < -0.4 is 0 Å². The third-order valence-electron chi connectivity index (χ3n) is 1.94. The molecule has 0 fully saturated rings. The first-order valence-corrected chi connectivity index (χ1v) is 5.47. The van der Waals surface area contributed by atoms with E-state index < -0.39 is 28.7 Å². The van der Waals surface area contributed by atoms with E-state index in [1.54, 1.807) is 27.7 Å². The second-order valence-electron chi connectivity index (χ2n) is 5.18. The van der Waals surface area contributed by atoms with Crippen molar-refractivity contribution in [1.29, 1.82) is 0 Å². The van der Waals surface area contributed by atoms with E-state index in [1.807, 2.05) is 0 Å². The Bertz CT molecular complexity index is 322. The number of carbonyl (C=O) groups is 3. The molecule has 0 heterocycles. The molecule has 0 aromatic heterocycles. The van der Waals surface area contributed by atoms with Gasteiger partial charge in [-0.3, -0.25) is 9.59 Å². The lowest BCUT2D eigenvalue weighted by molar-refractivity contribution is -0.173. The highest BCUT2D eigenvalue weighted by Gasteiger charge is 2.43. The molecule has 0 saturated carbocycles. The van der Waals surface area contributed by atoms with Gasteiger partial charge in [0.05, 0.1) is 6.61 Å². The highest BCUT2D eigenvalue weighted by Crippen LogP contribution is 2.23. The third-order valence-corrected chi connectivity index (χ3v) is 1.94. The number of ketones is 1. The normalized spacial score (nSPS) is 11.9. The van der Waals surface area contributed by atoms with Crippen molar-refractivity contribution in [2.75, 3.05) is 6.61 Å². The van der Waals surface area contributed by atoms with Crippen LogP contribution in [0.25, 0.3) is 0 Å². The minimum atomic E-state index is -1.53. The van der Waals surface area contributed by atoms with Crippen molar-refractivity contribution < 1.29 is 23.9 Å². The van der Waals surface area contributed by atoms with E-state index in [0.717, 1.165) is 0 Å². The van der Waals surface area contributed by atoms with Gasteiger partial charge in [-0.05, 0) is 41.5 Å². The van der Waals surface area contributed by atoms with Gasteiger partial charge in [0, 0.05) is 0 Å². The minimum Gasteiger partial charge on any atom is -0.460 e. The molecule has 0 amide bonds. The summed E-state index contributed by atoms with van der Waals surface area (Å²) >= 11 is 0. The summed E-state index contributed by atoms with van der Waals surface area (Å²) in [6, 6.07) is 0. The second kappa shape index (κ2) is 5.29. The highest BCUT2D eigenvalue weighted by atomic mass is 16.6. The number of carbonyl (C=O) groups excluding carboxylic acids is 3. The molecule has 17 heavy (non-hydrogen) atoms. The fourth-order valence-corrected chi connectivity index (χ4v) is 0.950. The van der Waals surface area contributed by atoms with E-state index in [4.69, 9.17) is 4.74 Å². The van der Waals surface area contributed by atoms with Crippen molar-refractivity contribution in [2.24, 2.45) is 5.41 Å². The first-order chi connectivity index (χ1) is 7.52. The topological polar surface area (TPSA) is 69.7 Å². The van der Waals surface area contributed by atoms with Crippen molar-refractivity contribution >= 4 is 17.7 Å². The molecule has 0 unspecified atom stereocenters. The van der Waals surface area contributed by atoms with Gasteiger partial charge in [0.2, 0.25) is 0 Å². The Morgan fingerprint density at radius 2 is 1.47 bits per heavy atom. The number of hydrogen-bond donors (Lipinski definition) is 0. The lowest BCUT2D eigenvalue weighted by Gasteiger charge is -2.26. The zero-order valence-electron chi connectivity index (χ0n) is 11.2. The van der Waals surface area contributed by atoms with Crippen molar-refractivity contribution in [3.63, 3.8) is 0 Å². The first-order valence-electron chi connectivity index (χ1n) is 5.47. The molecule has 0 bridgehead atoms. The van der Waals surface area contributed by atoms with Gasteiger partial charge in [-0.15, -0.1) is 0 Å². The molecule has 0 aromatic carbocycles.